The summed E-state index contributed by atoms with van der Waals surface area (Å²) in [7, 11) is 0. The van der Waals surface area contributed by atoms with E-state index in [1.807, 2.05) is 0 Å². The molecule has 4 rings (SSSR count). The first-order valence-corrected chi connectivity index (χ1v) is 9.54. The van der Waals surface area contributed by atoms with Gasteiger partial charge in [0.05, 0.1) is 18.6 Å². The van der Waals surface area contributed by atoms with Crippen molar-refractivity contribution in [2.45, 2.75) is 26.2 Å². The first-order valence-electron chi connectivity index (χ1n) is 9.54. The average Bonchev–Trinajstić information content (AvgIpc) is 2.73. The second-order valence-electron chi connectivity index (χ2n) is 6.82. The number of alkyl halides is 1. The number of nitrogens with zero attached hydrogens (tertiary/aromatic N) is 5. The Bertz CT molecular complexity index is 1160. The maximum atomic E-state index is 14.8. The van der Waals surface area contributed by atoms with E-state index in [1.165, 1.54) is 16.9 Å². The van der Waals surface area contributed by atoms with Crippen molar-refractivity contribution in [3.8, 4) is 0 Å². The van der Waals surface area contributed by atoms with Crippen molar-refractivity contribution in [2.75, 3.05) is 13.3 Å². The first-order chi connectivity index (χ1) is 14.6. The smallest absolute Gasteiger partial charge is 0.290 e. The molecule has 1 aliphatic heterocycles. The fourth-order valence-corrected chi connectivity index (χ4v) is 3.10. The molecule has 0 bridgehead atoms. The summed E-state index contributed by atoms with van der Waals surface area (Å²) in [6.07, 6.45) is 2.45. The molecule has 1 aromatic carbocycles. The van der Waals surface area contributed by atoms with Crippen LogP contribution in [0.25, 0.3) is 10.9 Å². The van der Waals surface area contributed by atoms with E-state index in [1.54, 1.807) is 31.2 Å². The van der Waals surface area contributed by atoms with E-state index < -0.39 is 11.6 Å². The zero-order valence-corrected chi connectivity index (χ0v) is 16.3. The van der Waals surface area contributed by atoms with E-state index in [0.717, 1.165) is 0 Å². The van der Waals surface area contributed by atoms with Crippen molar-refractivity contribution in [1.29, 1.82) is 0 Å². The van der Waals surface area contributed by atoms with Crippen molar-refractivity contribution in [3.05, 3.63) is 59.4 Å². The third kappa shape index (κ3) is 3.87. The van der Waals surface area contributed by atoms with E-state index in [-0.39, 0.29) is 29.6 Å². The third-order valence-corrected chi connectivity index (χ3v) is 4.72. The Hall–Kier alpha value is -3.36. The summed E-state index contributed by atoms with van der Waals surface area (Å²) >= 11 is 0. The molecular weight excluding hydrogens is 395 g/mol. The molecule has 6 nitrogen and oxygen atoms in total. The molecule has 2 aromatic heterocycles. The molecule has 0 atom stereocenters. The normalized spacial score (nSPS) is 13.1. The van der Waals surface area contributed by atoms with E-state index in [9.17, 15) is 13.2 Å². The van der Waals surface area contributed by atoms with E-state index in [2.05, 4.69) is 20.2 Å². The molecular formula is C21H19F3N5O+. The fraction of sp³-hybridized carbons (Fsp3) is 0.286. The lowest BCUT2D eigenvalue weighted by atomic mass is 10.0. The van der Waals surface area contributed by atoms with Crippen LogP contribution in [0.2, 0.25) is 0 Å². The minimum absolute atomic E-state index is 0.0491. The van der Waals surface area contributed by atoms with Crippen LogP contribution in [0.1, 0.15) is 31.0 Å². The Balaban J connectivity index is 1.52. The van der Waals surface area contributed by atoms with Gasteiger partial charge >= 0.3 is 0 Å². The zero-order valence-electron chi connectivity index (χ0n) is 16.3. The third-order valence-electron chi connectivity index (χ3n) is 4.72. The topological polar surface area (TPSA) is 63.6 Å². The molecule has 0 amide bonds. The number of rotatable bonds is 8. The van der Waals surface area contributed by atoms with Crippen LogP contribution >= 0.6 is 0 Å². The van der Waals surface area contributed by atoms with Crippen molar-refractivity contribution in [1.82, 2.24) is 10.1 Å². The van der Waals surface area contributed by atoms with Gasteiger partial charge in [-0.05, 0) is 38.0 Å². The van der Waals surface area contributed by atoms with Gasteiger partial charge in [-0.15, -0.1) is 9.78 Å². The highest BCUT2D eigenvalue weighted by atomic mass is 19.1. The molecule has 0 saturated carbocycles. The fourth-order valence-electron chi connectivity index (χ4n) is 3.10. The summed E-state index contributed by atoms with van der Waals surface area (Å²) in [5, 5.41) is 8.67. The summed E-state index contributed by atoms with van der Waals surface area (Å²) < 4.78 is 42.9. The van der Waals surface area contributed by atoms with Crippen LogP contribution < -0.4 is 4.68 Å². The number of unbranched alkanes of at least 4 members (excludes halogenated alkanes) is 1. The summed E-state index contributed by atoms with van der Waals surface area (Å²) in [4.78, 5) is 13.5. The van der Waals surface area contributed by atoms with Crippen LogP contribution in [0, 0.1) is 11.6 Å². The van der Waals surface area contributed by atoms with Crippen LogP contribution in [0.5, 0.6) is 0 Å². The monoisotopic (exact) mass is 414 g/mol. The standard InChI is InChI=1S/C21H19F3N5O/c1-13(28-30-10-3-2-8-22)17-6-7-19-26-20(29(19)27-17)11-15-16(23)12-18-14(21(15)24)5-4-9-25-18/h4-7,9,12H,2-3,8,10-11H2,1H3/q+1/b28-13-. The zero-order chi connectivity index (χ0) is 21.1. The van der Waals surface area contributed by atoms with Gasteiger partial charge in [0.25, 0.3) is 11.7 Å². The first kappa shape index (κ1) is 19.9. The second kappa shape index (κ2) is 8.56. The summed E-state index contributed by atoms with van der Waals surface area (Å²) in [5.74, 6) is -0.324. The largest absolute Gasteiger partial charge is 0.396 e. The molecule has 0 aliphatic carbocycles. The number of benzene rings is 1. The average molecular weight is 414 g/mol. The Morgan fingerprint density at radius 1 is 1.20 bits per heavy atom. The van der Waals surface area contributed by atoms with Crippen molar-refractivity contribution < 1.29 is 22.7 Å². The molecule has 0 saturated heterocycles. The number of aromatic nitrogens is 3. The Labute approximate surface area is 170 Å². The number of oxime groups is 1. The molecule has 3 heterocycles. The SMILES string of the molecule is C/C(=N/OCCCCF)c1ccc2[n+](n1)C(Cc1c(F)cc3ncccc3c1F)=N2. The molecule has 0 unspecified atom stereocenters. The van der Waals surface area contributed by atoms with Gasteiger partial charge in [-0.1, -0.05) is 10.1 Å². The molecule has 3 aromatic rings. The van der Waals surface area contributed by atoms with E-state index >= 15 is 0 Å². The highest BCUT2D eigenvalue weighted by Gasteiger charge is 2.30. The predicted molar refractivity (Wildman–Crippen MR) is 106 cm³/mol. The maximum Gasteiger partial charge on any atom is 0.290 e. The molecule has 1 aliphatic rings. The minimum Gasteiger partial charge on any atom is -0.396 e. The quantitative estimate of drug-likeness (QED) is 0.244. The summed E-state index contributed by atoms with van der Waals surface area (Å²) in [6, 6.07) is 7.87. The highest BCUT2D eigenvalue weighted by molar-refractivity contribution is 5.96. The van der Waals surface area contributed by atoms with Gasteiger partial charge in [0.1, 0.15) is 29.6 Å². The number of fused-ring (bicyclic) bond motifs is 2. The van der Waals surface area contributed by atoms with Crippen LogP contribution in [-0.4, -0.2) is 34.9 Å². The Kier molecular flexibility index (Phi) is 5.69. The van der Waals surface area contributed by atoms with E-state index in [0.29, 0.717) is 42.5 Å². The van der Waals surface area contributed by atoms with Crippen LogP contribution in [0.3, 0.4) is 0 Å². The van der Waals surface area contributed by atoms with Crippen molar-refractivity contribution in [3.63, 3.8) is 0 Å². The lowest BCUT2D eigenvalue weighted by Crippen LogP contribution is -2.54. The molecule has 9 heteroatoms. The Morgan fingerprint density at radius 2 is 2.07 bits per heavy atom. The predicted octanol–water partition coefficient (Wildman–Crippen LogP) is 3.82. The number of halogens is 3. The lowest BCUT2D eigenvalue weighted by Gasteiger charge is -2.14. The number of aliphatic imine (C=N–C) groups is 1. The van der Waals surface area contributed by atoms with Gasteiger partial charge in [-0.2, -0.15) is 0 Å². The minimum atomic E-state index is -0.675. The second-order valence-corrected chi connectivity index (χ2v) is 6.82. The van der Waals surface area contributed by atoms with Gasteiger partial charge in [-0.3, -0.25) is 9.37 Å². The lowest BCUT2D eigenvalue weighted by molar-refractivity contribution is -0.625. The molecule has 154 valence electrons. The van der Waals surface area contributed by atoms with Crippen LogP contribution in [-0.2, 0) is 11.3 Å². The molecule has 0 radical (unpaired) electrons. The molecule has 0 fully saturated rings. The van der Waals surface area contributed by atoms with Crippen molar-refractivity contribution >= 4 is 28.3 Å². The van der Waals surface area contributed by atoms with Crippen LogP contribution in [0.15, 0.2) is 46.7 Å². The van der Waals surface area contributed by atoms with Gasteiger partial charge < -0.3 is 4.84 Å². The Morgan fingerprint density at radius 3 is 2.90 bits per heavy atom. The van der Waals surface area contributed by atoms with Gasteiger partial charge in [0.2, 0.25) is 0 Å². The van der Waals surface area contributed by atoms with Gasteiger partial charge in [0, 0.05) is 29.3 Å². The molecule has 0 N–H and O–H groups in total. The highest BCUT2D eigenvalue weighted by Crippen LogP contribution is 2.24. The van der Waals surface area contributed by atoms with Crippen LogP contribution in [0.4, 0.5) is 19.0 Å². The summed E-state index contributed by atoms with van der Waals surface area (Å²) in [5.41, 5.74) is 1.26. The van der Waals surface area contributed by atoms with Gasteiger partial charge in [-0.25, -0.2) is 8.78 Å². The molecule has 0 spiro atoms. The number of hydrogen-bond donors (Lipinski definition) is 0. The summed E-state index contributed by atoms with van der Waals surface area (Å²) in [6.45, 7) is 1.67. The van der Waals surface area contributed by atoms with Crippen molar-refractivity contribution in [2.24, 2.45) is 10.1 Å². The van der Waals surface area contributed by atoms with E-state index in [4.69, 9.17) is 4.84 Å². The number of pyridine rings is 1. The molecule has 30 heavy (non-hydrogen) atoms. The van der Waals surface area contributed by atoms with Gasteiger partial charge in [0.15, 0.2) is 0 Å². The maximum absolute atomic E-state index is 14.8. The number of hydrogen-bond acceptors (Lipinski definition) is 5.